The maximum absolute atomic E-state index is 13.0. The van der Waals surface area contributed by atoms with Crippen molar-refractivity contribution < 1.29 is 19.4 Å². The van der Waals surface area contributed by atoms with E-state index in [0.717, 1.165) is 5.56 Å². The van der Waals surface area contributed by atoms with Gasteiger partial charge in [0.25, 0.3) is 0 Å². The summed E-state index contributed by atoms with van der Waals surface area (Å²) >= 11 is 0. The third-order valence-electron chi connectivity index (χ3n) is 4.63. The average molecular weight is 450 g/mol. The minimum atomic E-state index is -0.948. The van der Waals surface area contributed by atoms with E-state index in [-0.39, 0.29) is 18.5 Å². The van der Waals surface area contributed by atoms with Gasteiger partial charge < -0.3 is 20.1 Å². The van der Waals surface area contributed by atoms with E-state index in [2.05, 4.69) is 5.32 Å². The molecule has 1 aromatic carbocycles. The van der Waals surface area contributed by atoms with E-state index in [1.807, 2.05) is 85.7 Å². The number of urea groups is 1. The molecule has 1 aromatic rings. The Morgan fingerprint density at radius 2 is 1.56 bits per heavy atom. The molecule has 0 spiro atoms. The fraction of sp³-hybridized carbons (Fsp3) is 0.680. The van der Waals surface area contributed by atoms with Gasteiger partial charge in [0.15, 0.2) is 0 Å². The minimum Gasteiger partial charge on any atom is -0.444 e. The number of carbonyl (C=O) groups is 2. The zero-order chi connectivity index (χ0) is 24.7. The third-order valence-corrected chi connectivity index (χ3v) is 4.63. The second kappa shape index (κ2) is 11.5. The molecular weight excluding hydrogens is 406 g/mol. The molecular formula is C25H43N3O4. The van der Waals surface area contributed by atoms with E-state index in [9.17, 15) is 14.7 Å². The lowest BCUT2D eigenvalue weighted by molar-refractivity contribution is -0.00985. The molecule has 32 heavy (non-hydrogen) atoms. The standard InChI is InChI=1S/C25H43N3O4/c1-18(2)15-27(22(30)26-24(4,5)6)17-21(29)19(3)28(23(31)32-25(7,8)9)16-20-13-11-10-12-14-20/h10-14,18-19,21,29H,15-17H2,1-9H3,(H,26,30)/t19?,21-/m1/s1. The molecule has 0 saturated heterocycles. The summed E-state index contributed by atoms with van der Waals surface area (Å²) in [6.45, 7) is 17.9. The highest BCUT2D eigenvalue weighted by Gasteiger charge is 2.32. The predicted molar refractivity (Wildman–Crippen MR) is 128 cm³/mol. The first-order valence-corrected chi connectivity index (χ1v) is 11.4. The smallest absolute Gasteiger partial charge is 0.410 e. The number of hydrogen-bond donors (Lipinski definition) is 2. The molecule has 0 aromatic heterocycles. The van der Waals surface area contributed by atoms with Gasteiger partial charge in [0, 0.05) is 18.6 Å². The van der Waals surface area contributed by atoms with Crippen molar-refractivity contribution in [2.75, 3.05) is 13.1 Å². The lowest BCUT2D eigenvalue weighted by Crippen LogP contribution is -2.55. The molecule has 0 heterocycles. The van der Waals surface area contributed by atoms with Crippen LogP contribution in [0.2, 0.25) is 0 Å². The first-order valence-electron chi connectivity index (χ1n) is 11.4. The van der Waals surface area contributed by atoms with Gasteiger partial charge in [0.1, 0.15) is 5.60 Å². The number of rotatable bonds is 8. The molecule has 0 saturated carbocycles. The van der Waals surface area contributed by atoms with Crippen molar-refractivity contribution in [1.82, 2.24) is 15.1 Å². The summed E-state index contributed by atoms with van der Waals surface area (Å²) in [6.07, 6.45) is -1.45. The summed E-state index contributed by atoms with van der Waals surface area (Å²) in [5.41, 5.74) is -0.118. The van der Waals surface area contributed by atoms with Crippen LogP contribution in [0.25, 0.3) is 0 Å². The second-order valence-electron chi connectivity index (χ2n) is 10.9. The van der Waals surface area contributed by atoms with Crippen LogP contribution in [-0.2, 0) is 11.3 Å². The lowest BCUT2D eigenvalue weighted by atomic mass is 10.1. The Morgan fingerprint density at radius 3 is 2.03 bits per heavy atom. The van der Waals surface area contributed by atoms with Crippen LogP contribution in [0.3, 0.4) is 0 Å². The molecule has 2 N–H and O–H groups in total. The molecule has 0 bridgehead atoms. The van der Waals surface area contributed by atoms with Crippen molar-refractivity contribution in [2.45, 2.75) is 92.1 Å². The van der Waals surface area contributed by atoms with Crippen LogP contribution in [0.1, 0.15) is 67.9 Å². The van der Waals surface area contributed by atoms with Crippen LogP contribution < -0.4 is 5.32 Å². The van der Waals surface area contributed by atoms with E-state index in [0.29, 0.717) is 13.1 Å². The first-order chi connectivity index (χ1) is 14.6. The summed E-state index contributed by atoms with van der Waals surface area (Å²) in [7, 11) is 0. The van der Waals surface area contributed by atoms with Gasteiger partial charge in [0.05, 0.1) is 18.7 Å². The quantitative estimate of drug-likeness (QED) is 0.606. The van der Waals surface area contributed by atoms with E-state index in [1.165, 1.54) is 4.90 Å². The van der Waals surface area contributed by atoms with Gasteiger partial charge in [-0.2, -0.15) is 0 Å². The normalized spacial score (nSPS) is 14.0. The van der Waals surface area contributed by atoms with Gasteiger partial charge in [-0.1, -0.05) is 44.2 Å². The topological polar surface area (TPSA) is 82.1 Å². The molecule has 0 fully saturated rings. The minimum absolute atomic E-state index is 0.106. The Bertz CT molecular complexity index is 723. The highest BCUT2D eigenvalue weighted by atomic mass is 16.6. The van der Waals surface area contributed by atoms with Gasteiger partial charge in [-0.05, 0) is 59.9 Å². The number of amides is 3. The summed E-state index contributed by atoms with van der Waals surface area (Å²) in [4.78, 5) is 29.0. The van der Waals surface area contributed by atoms with Crippen LogP contribution in [0, 0.1) is 5.92 Å². The van der Waals surface area contributed by atoms with Crippen molar-refractivity contribution >= 4 is 12.1 Å². The first kappa shape index (κ1) is 27.8. The number of ether oxygens (including phenoxy) is 1. The van der Waals surface area contributed by atoms with E-state index in [4.69, 9.17) is 4.74 Å². The summed E-state index contributed by atoms with van der Waals surface area (Å²) in [5.74, 6) is 0.231. The Labute approximate surface area is 194 Å². The van der Waals surface area contributed by atoms with Crippen LogP contribution in [0.5, 0.6) is 0 Å². The van der Waals surface area contributed by atoms with Crippen molar-refractivity contribution in [2.24, 2.45) is 5.92 Å². The molecule has 182 valence electrons. The highest BCUT2D eigenvalue weighted by Crippen LogP contribution is 2.18. The molecule has 2 atom stereocenters. The largest absolute Gasteiger partial charge is 0.444 e. The van der Waals surface area contributed by atoms with Crippen molar-refractivity contribution in [3.8, 4) is 0 Å². The highest BCUT2D eigenvalue weighted by molar-refractivity contribution is 5.75. The monoisotopic (exact) mass is 449 g/mol. The van der Waals surface area contributed by atoms with Crippen LogP contribution in [0.15, 0.2) is 30.3 Å². The molecule has 7 nitrogen and oxygen atoms in total. The van der Waals surface area contributed by atoms with Gasteiger partial charge in [-0.15, -0.1) is 0 Å². The molecule has 0 aliphatic rings. The maximum Gasteiger partial charge on any atom is 0.410 e. The zero-order valence-electron chi connectivity index (χ0n) is 21.3. The number of benzene rings is 1. The molecule has 1 rings (SSSR count). The van der Waals surface area contributed by atoms with E-state index < -0.39 is 29.4 Å². The molecule has 1 unspecified atom stereocenters. The van der Waals surface area contributed by atoms with Crippen LogP contribution in [-0.4, -0.2) is 63.4 Å². The number of aliphatic hydroxyl groups is 1. The van der Waals surface area contributed by atoms with Crippen molar-refractivity contribution in [3.63, 3.8) is 0 Å². The van der Waals surface area contributed by atoms with Gasteiger partial charge in [0.2, 0.25) is 0 Å². The Morgan fingerprint density at radius 1 is 1.00 bits per heavy atom. The number of nitrogens with one attached hydrogen (secondary N) is 1. The third kappa shape index (κ3) is 10.4. The van der Waals surface area contributed by atoms with Crippen molar-refractivity contribution in [1.29, 1.82) is 0 Å². The number of aliphatic hydroxyl groups excluding tert-OH is 1. The van der Waals surface area contributed by atoms with Crippen molar-refractivity contribution in [3.05, 3.63) is 35.9 Å². The molecule has 0 radical (unpaired) electrons. The molecule has 0 aliphatic carbocycles. The van der Waals surface area contributed by atoms with E-state index >= 15 is 0 Å². The average Bonchev–Trinajstić information content (AvgIpc) is 2.62. The summed E-state index contributed by atoms with van der Waals surface area (Å²) < 4.78 is 5.61. The van der Waals surface area contributed by atoms with Crippen LogP contribution in [0.4, 0.5) is 9.59 Å². The summed E-state index contributed by atoms with van der Waals surface area (Å²) in [6, 6.07) is 8.79. The summed E-state index contributed by atoms with van der Waals surface area (Å²) in [5, 5.41) is 14.0. The second-order valence-corrected chi connectivity index (χ2v) is 10.9. The maximum atomic E-state index is 13.0. The van der Waals surface area contributed by atoms with Gasteiger partial charge in [-0.3, -0.25) is 4.90 Å². The zero-order valence-corrected chi connectivity index (χ0v) is 21.3. The van der Waals surface area contributed by atoms with E-state index in [1.54, 1.807) is 11.8 Å². The van der Waals surface area contributed by atoms with Gasteiger partial charge in [-0.25, -0.2) is 9.59 Å². The molecule has 0 aliphatic heterocycles. The fourth-order valence-electron chi connectivity index (χ4n) is 3.14. The molecule has 7 heteroatoms. The number of carbonyl (C=O) groups excluding carboxylic acids is 2. The Kier molecular flexibility index (Phi) is 10.0. The molecule has 3 amide bonds. The lowest BCUT2D eigenvalue weighted by Gasteiger charge is -2.37. The number of nitrogens with zero attached hydrogens (tertiary/aromatic N) is 2. The Hall–Kier alpha value is -2.28. The van der Waals surface area contributed by atoms with Gasteiger partial charge >= 0.3 is 12.1 Å². The predicted octanol–water partition coefficient (Wildman–Crippen LogP) is 4.64. The van der Waals surface area contributed by atoms with Crippen LogP contribution >= 0.6 is 0 Å². The number of hydrogen-bond acceptors (Lipinski definition) is 4. The fourth-order valence-corrected chi connectivity index (χ4v) is 3.14. The Balaban J connectivity index is 3.07. The SMILES string of the molecule is CC(C)CN(C[C@@H](O)C(C)N(Cc1ccccc1)C(=O)OC(C)(C)C)C(=O)NC(C)(C)C.